The first-order valence-corrected chi connectivity index (χ1v) is 6.49. The number of halogens is 2. The van der Waals surface area contributed by atoms with Crippen LogP contribution in [0.5, 0.6) is 0 Å². The van der Waals surface area contributed by atoms with Gasteiger partial charge in [0.2, 0.25) is 0 Å². The Bertz CT molecular complexity index is 584. The molecule has 0 bridgehead atoms. The number of nitrogens with zero attached hydrogens (tertiary/aromatic N) is 1. The van der Waals surface area contributed by atoms with E-state index in [9.17, 15) is 13.6 Å². The van der Waals surface area contributed by atoms with Crippen LogP contribution in [0.3, 0.4) is 0 Å². The maximum absolute atomic E-state index is 12.7. The lowest BCUT2D eigenvalue weighted by molar-refractivity contribution is 0.0534. The second kappa shape index (κ2) is 6.99. The lowest BCUT2D eigenvalue weighted by atomic mass is 10.2. The molecule has 0 aliphatic heterocycles. The van der Waals surface area contributed by atoms with Gasteiger partial charge in [-0.25, -0.2) is 8.78 Å². The quantitative estimate of drug-likeness (QED) is 0.891. The summed E-state index contributed by atoms with van der Waals surface area (Å²) >= 11 is 0. The molecule has 0 atom stereocenters. The van der Waals surface area contributed by atoms with Crippen LogP contribution >= 0.6 is 0 Å². The molecule has 0 saturated heterocycles. The van der Waals surface area contributed by atoms with E-state index in [0.717, 1.165) is 10.5 Å². The van der Waals surface area contributed by atoms with Crippen molar-refractivity contribution in [1.29, 1.82) is 0 Å². The minimum atomic E-state index is -2.60. The molecule has 0 aliphatic carbocycles. The van der Waals surface area contributed by atoms with Gasteiger partial charge in [-0.1, -0.05) is 30.3 Å². The van der Waals surface area contributed by atoms with E-state index in [1.54, 1.807) is 24.3 Å². The van der Waals surface area contributed by atoms with Crippen LogP contribution in [0.2, 0.25) is 0 Å². The molecule has 4 nitrogen and oxygen atoms in total. The second-order valence-electron chi connectivity index (χ2n) is 4.57. The molecule has 1 aromatic carbocycles. The third kappa shape index (κ3) is 4.13. The first-order valence-electron chi connectivity index (χ1n) is 6.49. The highest BCUT2D eigenvalue weighted by molar-refractivity contribution is 5.94. The van der Waals surface area contributed by atoms with Gasteiger partial charge in [-0.05, 0) is 11.6 Å². The number of amides is 1. The van der Waals surface area contributed by atoms with Gasteiger partial charge in [-0.3, -0.25) is 4.79 Å². The molecular weight excluding hydrogens is 278 g/mol. The van der Waals surface area contributed by atoms with Crippen LogP contribution in [-0.2, 0) is 13.1 Å². The summed E-state index contributed by atoms with van der Waals surface area (Å²) < 4.78 is 30.5. The van der Waals surface area contributed by atoms with Crippen molar-refractivity contribution in [2.24, 2.45) is 5.73 Å². The smallest absolute Gasteiger partial charge is 0.257 e. The molecular formula is C15H16F2N2O2. The molecule has 2 rings (SSSR count). The molecule has 0 aliphatic rings. The Kier molecular flexibility index (Phi) is 5.05. The maximum Gasteiger partial charge on any atom is 0.257 e. The van der Waals surface area contributed by atoms with E-state index in [-0.39, 0.29) is 18.7 Å². The second-order valence-corrected chi connectivity index (χ2v) is 4.57. The molecule has 6 heteroatoms. The molecule has 1 aromatic heterocycles. The Labute approximate surface area is 121 Å². The van der Waals surface area contributed by atoms with Gasteiger partial charge in [0.05, 0.1) is 18.7 Å². The predicted octanol–water partition coefficient (Wildman–Crippen LogP) is 2.65. The van der Waals surface area contributed by atoms with Crippen LogP contribution < -0.4 is 5.73 Å². The Morgan fingerprint density at radius 1 is 1.29 bits per heavy atom. The van der Waals surface area contributed by atoms with Gasteiger partial charge in [0, 0.05) is 6.54 Å². The molecule has 0 radical (unpaired) electrons. The molecule has 1 heterocycles. The van der Waals surface area contributed by atoms with Crippen molar-refractivity contribution in [2.75, 3.05) is 6.54 Å². The summed E-state index contributed by atoms with van der Waals surface area (Å²) in [6.07, 6.45) is -1.35. The highest BCUT2D eigenvalue weighted by Gasteiger charge is 2.21. The van der Waals surface area contributed by atoms with Gasteiger partial charge in [0.15, 0.2) is 0 Å². The van der Waals surface area contributed by atoms with Crippen molar-refractivity contribution < 1.29 is 18.0 Å². The number of alkyl halides is 2. The lowest BCUT2D eigenvalue weighted by Gasteiger charge is -2.21. The number of carbonyl (C=O) groups excluding carboxylic acids is 1. The highest BCUT2D eigenvalue weighted by Crippen LogP contribution is 2.14. The van der Waals surface area contributed by atoms with Gasteiger partial charge in [0.1, 0.15) is 12.0 Å². The van der Waals surface area contributed by atoms with Crippen LogP contribution in [0.15, 0.2) is 47.1 Å². The zero-order chi connectivity index (χ0) is 15.2. The predicted molar refractivity (Wildman–Crippen MR) is 73.8 cm³/mol. The summed E-state index contributed by atoms with van der Waals surface area (Å²) in [6, 6.07) is 10.5. The van der Waals surface area contributed by atoms with Gasteiger partial charge in [0.25, 0.3) is 12.3 Å². The number of nitrogens with two attached hydrogens (primary N) is 1. The molecule has 0 unspecified atom stereocenters. The number of furan rings is 1. The van der Waals surface area contributed by atoms with Crippen LogP contribution in [0.4, 0.5) is 8.78 Å². The number of hydrogen-bond donors (Lipinski definition) is 1. The third-order valence-electron chi connectivity index (χ3n) is 2.96. The average Bonchev–Trinajstić information content (AvgIpc) is 2.95. The van der Waals surface area contributed by atoms with Gasteiger partial charge in [-0.2, -0.15) is 0 Å². The van der Waals surface area contributed by atoms with Crippen molar-refractivity contribution in [2.45, 2.75) is 19.5 Å². The summed E-state index contributed by atoms with van der Waals surface area (Å²) in [5, 5.41) is 0. The largest absolute Gasteiger partial charge is 0.467 e. The van der Waals surface area contributed by atoms with Crippen molar-refractivity contribution in [3.05, 3.63) is 59.5 Å². The fourth-order valence-electron chi connectivity index (χ4n) is 1.97. The molecule has 0 saturated carbocycles. The monoisotopic (exact) mass is 294 g/mol. The molecule has 21 heavy (non-hydrogen) atoms. The third-order valence-corrected chi connectivity index (χ3v) is 2.96. The fraction of sp³-hybridized carbons (Fsp3) is 0.267. The standard InChI is InChI=1S/C15H16F2N2O2/c16-14(17)9-19(8-11-4-2-1-3-5-11)15(20)12-6-13(7-18)21-10-12/h1-6,10,14H,7-9,18H2. The molecule has 2 N–H and O–H groups in total. The summed E-state index contributed by atoms with van der Waals surface area (Å²) in [4.78, 5) is 13.4. The zero-order valence-electron chi connectivity index (χ0n) is 11.3. The van der Waals surface area contributed by atoms with E-state index in [2.05, 4.69) is 0 Å². The van der Waals surface area contributed by atoms with E-state index < -0.39 is 18.9 Å². The SMILES string of the molecule is NCc1cc(C(=O)N(Cc2ccccc2)CC(F)F)co1. The Balaban J connectivity index is 2.16. The van der Waals surface area contributed by atoms with E-state index in [1.165, 1.54) is 12.3 Å². The number of benzene rings is 1. The Hall–Kier alpha value is -2.21. The van der Waals surface area contributed by atoms with Gasteiger partial charge in [-0.15, -0.1) is 0 Å². The Morgan fingerprint density at radius 3 is 2.57 bits per heavy atom. The minimum Gasteiger partial charge on any atom is -0.467 e. The molecule has 0 spiro atoms. The number of carbonyl (C=O) groups is 1. The summed E-state index contributed by atoms with van der Waals surface area (Å²) in [6.45, 7) is -0.356. The topological polar surface area (TPSA) is 59.5 Å². The van der Waals surface area contributed by atoms with E-state index in [1.807, 2.05) is 6.07 Å². The van der Waals surface area contributed by atoms with Crippen molar-refractivity contribution in [3.63, 3.8) is 0 Å². The maximum atomic E-state index is 12.7. The average molecular weight is 294 g/mol. The number of rotatable bonds is 6. The van der Waals surface area contributed by atoms with Crippen LogP contribution in [0.1, 0.15) is 21.7 Å². The summed E-state index contributed by atoms with van der Waals surface area (Å²) in [5.41, 5.74) is 6.42. The van der Waals surface area contributed by atoms with Gasteiger partial charge < -0.3 is 15.1 Å². The Morgan fingerprint density at radius 2 is 2.00 bits per heavy atom. The normalized spacial score (nSPS) is 10.9. The number of hydrogen-bond acceptors (Lipinski definition) is 3. The summed E-state index contributed by atoms with van der Waals surface area (Å²) in [5.74, 6) is -0.0577. The first kappa shape index (κ1) is 15.2. The van der Waals surface area contributed by atoms with Crippen molar-refractivity contribution in [3.8, 4) is 0 Å². The van der Waals surface area contributed by atoms with E-state index in [0.29, 0.717) is 5.76 Å². The minimum absolute atomic E-state index is 0.118. The highest BCUT2D eigenvalue weighted by atomic mass is 19.3. The molecule has 1 amide bonds. The van der Waals surface area contributed by atoms with Crippen LogP contribution in [-0.4, -0.2) is 23.8 Å². The van der Waals surface area contributed by atoms with Gasteiger partial charge >= 0.3 is 0 Å². The van der Waals surface area contributed by atoms with Crippen molar-refractivity contribution in [1.82, 2.24) is 4.90 Å². The lowest BCUT2D eigenvalue weighted by Crippen LogP contribution is -2.34. The first-order chi connectivity index (χ1) is 10.1. The molecule has 2 aromatic rings. The zero-order valence-corrected chi connectivity index (χ0v) is 11.3. The van der Waals surface area contributed by atoms with Crippen LogP contribution in [0.25, 0.3) is 0 Å². The van der Waals surface area contributed by atoms with E-state index in [4.69, 9.17) is 10.2 Å². The van der Waals surface area contributed by atoms with E-state index >= 15 is 0 Å². The summed E-state index contributed by atoms with van der Waals surface area (Å²) in [7, 11) is 0. The molecule has 0 fully saturated rings. The molecule has 112 valence electrons. The fourth-order valence-corrected chi connectivity index (χ4v) is 1.97. The van der Waals surface area contributed by atoms with Crippen molar-refractivity contribution >= 4 is 5.91 Å². The van der Waals surface area contributed by atoms with Crippen LogP contribution in [0, 0.1) is 0 Å².